The van der Waals surface area contributed by atoms with Crippen molar-refractivity contribution in [2.45, 2.75) is 17.9 Å². The smallest absolute Gasteiger partial charge is 0.238 e. The number of nitrogens with one attached hydrogen (secondary N) is 1. The zero-order valence-electron chi connectivity index (χ0n) is 16.8. The van der Waals surface area contributed by atoms with Gasteiger partial charge in [-0.1, -0.05) is 23.7 Å². The Morgan fingerprint density at radius 3 is 2.45 bits per heavy atom. The normalized spacial score (nSPS) is 11.4. The largest absolute Gasteiger partial charge is 0.495 e. The van der Waals surface area contributed by atoms with Gasteiger partial charge in [-0.15, -0.1) is 0 Å². The predicted octanol–water partition coefficient (Wildman–Crippen LogP) is 2.15. The number of hydrogen-bond acceptors (Lipinski definition) is 8. The summed E-state index contributed by atoms with van der Waals surface area (Å²) in [5, 5.41) is 8.75. The van der Waals surface area contributed by atoms with Gasteiger partial charge >= 0.3 is 0 Å². The van der Waals surface area contributed by atoms with E-state index >= 15 is 0 Å². The average molecular weight is 463 g/mol. The van der Waals surface area contributed by atoms with Crippen LogP contribution >= 0.6 is 11.6 Å². The van der Waals surface area contributed by atoms with E-state index in [1.165, 1.54) is 19.2 Å². The highest BCUT2D eigenvalue weighted by atomic mass is 35.5. The topological polar surface area (TPSA) is 159 Å². The van der Waals surface area contributed by atoms with Gasteiger partial charge in [0.05, 0.1) is 22.7 Å². The highest BCUT2D eigenvalue weighted by molar-refractivity contribution is 7.89. The third kappa shape index (κ3) is 5.61. The predicted molar refractivity (Wildman–Crippen MR) is 121 cm³/mol. The molecule has 1 heterocycles. The molecule has 0 unspecified atom stereocenters. The van der Waals surface area contributed by atoms with Gasteiger partial charge in [0.1, 0.15) is 11.6 Å². The summed E-state index contributed by atoms with van der Waals surface area (Å²) in [6.07, 6.45) is 0.632. The molecule has 0 aliphatic heterocycles. The maximum absolute atomic E-state index is 11.3. The van der Waals surface area contributed by atoms with Gasteiger partial charge in [-0.3, -0.25) is 0 Å². The van der Waals surface area contributed by atoms with E-state index < -0.39 is 10.0 Å². The van der Waals surface area contributed by atoms with Crippen molar-refractivity contribution < 1.29 is 13.2 Å². The summed E-state index contributed by atoms with van der Waals surface area (Å²) >= 11 is 6.28. The molecule has 0 saturated carbocycles. The first-order chi connectivity index (χ1) is 14.7. The zero-order valence-corrected chi connectivity index (χ0v) is 18.4. The number of ether oxygens (including phenoxy) is 1. The standard InChI is InChI=1S/C20H23ClN6O3S/c1-30-18-8-13(11-22)15(9-16(18)21)17-10-19(27-20(23)26-17)25-7-6-12-2-4-14(5-3-12)31(24,28)29/h2-5,8-10H,6-7,11,22H2,1H3,(H2,24,28,29)(H3,23,25,26,27). The van der Waals surface area contributed by atoms with Crippen LogP contribution in [0.2, 0.25) is 5.02 Å². The van der Waals surface area contributed by atoms with Gasteiger partial charge in [0.2, 0.25) is 16.0 Å². The first kappa shape index (κ1) is 22.8. The molecule has 0 atom stereocenters. The van der Waals surface area contributed by atoms with Gasteiger partial charge in [0, 0.05) is 24.7 Å². The van der Waals surface area contributed by atoms with Crippen molar-refractivity contribution >= 4 is 33.4 Å². The summed E-state index contributed by atoms with van der Waals surface area (Å²) in [7, 11) is -2.17. The van der Waals surface area contributed by atoms with E-state index in [0.717, 1.165) is 16.7 Å². The molecule has 0 saturated heterocycles. The number of halogens is 1. The van der Waals surface area contributed by atoms with Crippen molar-refractivity contribution in [1.82, 2.24) is 9.97 Å². The molecule has 0 amide bonds. The second-order valence-electron chi connectivity index (χ2n) is 6.71. The first-order valence-electron chi connectivity index (χ1n) is 9.28. The molecule has 3 rings (SSSR count). The maximum Gasteiger partial charge on any atom is 0.238 e. The molecule has 1 aromatic heterocycles. The second kappa shape index (κ2) is 9.48. The van der Waals surface area contributed by atoms with Gasteiger partial charge in [0.15, 0.2) is 0 Å². The van der Waals surface area contributed by atoms with Crippen molar-refractivity contribution in [3.05, 3.63) is 58.6 Å². The van der Waals surface area contributed by atoms with E-state index in [9.17, 15) is 8.42 Å². The maximum atomic E-state index is 11.3. The molecule has 3 aromatic rings. The minimum absolute atomic E-state index is 0.0753. The van der Waals surface area contributed by atoms with Crippen molar-refractivity contribution in [2.24, 2.45) is 10.9 Å². The Balaban J connectivity index is 1.77. The second-order valence-corrected chi connectivity index (χ2v) is 8.68. The Morgan fingerprint density at radius 2 is 1.84 bits per heavy atom. The summed E-state index contributed by atoms with van der Waals surface area (Å²) < 4.78 is 27.9. The van der Waals surface area contributed by atoms with Gasteiger partial charge < -0.3 is 21.5 Å². The lowest BCUT2D eigenvalue weighted by Gasteiger charge is -2.13. The fourth-order valence-corrected chi connectivity index (χ4v) is 3.79. The molecular formula is C20H23ClN6O3S. The number of rotatable bonds is 8. The Morgan fingerprint density at radius 1 is 1.13 bits per heavy atom. The fourth-order valence-electron chi connectivity index (χ4n) is 3.03. The Kier molecular flexibility index (Phi) is 6.96. The third-order valence-corrected chi connectivity index (χ3v) is 5.81. The molecule has 0 spiro atoms. The van der Waals surface area contributed by atoms with Crippen molar-refractivity contribution in [2.75, 3.05) is 24.7 Å². The van der Waals surface area contributed by atoms with Gasteiger partial charge in [-0.2, -0.15) is 4.98 Å². The highest BCUT2D eigenvalue weighted by Gasteiger charge is 2.13. The lowest BCUT2D eigenvalue weighted by Crippen LogP contribution is -2.12. The van der Waals surface area contributed by atoms with Crippen LogP contribution in [-0.4, -0.2) is 32.0 Å². The molecule has 2 aromatic carbocycles. The summed E-state index contributed by atoms with van der Waals surface area (Å²) in [5.74, 6) is 1.17. The van der Waals surface area contributed by atoms with E-state index in [4.69, 9.17) is 32.9 Å². The number of nitrogens with zero attached hydrogens (tertiary/aromatic N) is 2. The molecule has 0 aliphatic rings. The van der Waals surface area contributed by atoms with Crippen LogP contribution < -0.4 is 26.7 Å². The zero-order chi connectivity index (χ0) is 22.6. The lowest BCUT2D eigenvalue weighted by molar-refractivity contribution is 0.414. The number of nitrogen functional groups attached to an aromatic ring is 1. The van der Waals surface area contributed by atoms with Crippen LogP contribution in [0.25, 0.3) is 11.3 Å². The number of hydrogen-bond donors (Lipinski definition) is 4. The molecular weight excluding hydrogens is 440 g/mol. The van der Waals surface area contributed by atoms with Crippen LogP contribution in [0.1, 0.15) is 11.1 Å². The summed E-state index contributed by atoms with van der Waals surface area (Å²) in [5.41, 5.74) is 14.9. The summed E-state index contributed by atoms with van der Waals surface area (Å²) in [6, 6.07) is 11.7. The van der Waals surface area contributed by atoms with Crippen LogP contribution in [0.15, 0.2) is 47.4 Å². The number of aromatic nitrogens is 2. The Bertz CT molecular complexity index is 1190. The molecule has 9 nitrogen and oxygen atoms in total. The molecule has 11 heteroatoms. The van der Waals surface area contributed by atoms with E-state index in [1.807, 2.05) is 0 Å². The van der Waals surface area contributed by atoms with Crippen molar-refractivity contribution in [1.29, 1.82) is 0 Å². The quantitative estimate of drug-likeness (QED) is 0.396. The molecule has 31 heavy (non-hydrogen) atoms. The molecule has 7 N–H and O–H groups in total. The molecule has 0 radical (unpaired) electrons. The van der Waals surface area contributed by atoms with Gasteiger partial charge in [0.25, 0.3) is 0 Å². The summed E-state index contributed by atoms with van der Waals surface area (Å²) in [6.45, 7) is 0.807. The van der Waals surface area contributed by atoms with Gasteiger partial charge in [-0.05, 0) is 41.8 Å². The van der Waals surface area contributed by atoms with Crippen molar-refractivity contribution in [3.63, 3.8) is 0 Å². The number of primary sulfonamides is 1. The Hall–Kier alpha value is -2.92. The Labute approximate surface area is 185 Å². The van der Waals surface area contributed by atoms with Crippen LogP contribution in [-0.2, 0) is 23.0 Å². The summed E-state index contributed by atoms with van der Waals surface area (Å²) in [4.78, 5) is 8.61. The van der Waals surface area contributed by atoms with E-state index in [0.29, 0.717) is 35.2 Å². The van der Waals surface area contributed by atoms with Gasteiger partial charge in [-0.25, -0.2) is 18.5 Å². The van der Waals surface area contributed by atoms with Crippen LogP contribution in [0.4, 0.5) is 11.8 Å². The van der Waals surface area contributed by atoms with Crippen molar-refractivity contribution in [3.8, 4) is 17.0 Å². The minimum atomic E-state index is -3.71. The number of sulfonamides is 1. The third-order valence-electron chi connectivity index (χ3n) is 4.59. The number of anilines is 2. The SMILES string of the molecule is COc1cc(CN)c(-c2cc(NCCc3ccc(S(N)(=O)=O)cc3)nc(N)n2)cc1Cl. The highest BCUT2D eigenvalue weighted by Crippen LogP contribution is 2.33. The van der Waals surface area contributed by atoms with E-state index in [-0.39, 0.29) is 17.4 Å². The van der Waals surface area contributed by atoms with E-state index in [1.54, 1.807) is 30.3 Å². The molecule has 0 fully saturated rings. The molecule has 0 aliphatic carbocycles. The average Bonchev–Trinajstić information content (AvgIpc) is 2.73. The molecule has 0 bridgehead atoms. The lowest BCUT2D eigenvalue weighted by atomic mass is 10.0. The monoisotopic (exact) mass is 462 g/mol. The first-order valence-corrected chi connectivity index (χ1v) is 11.2. The van der Waals surface area contributed by atoms with Crippen LogP contribution in [0, 0.1) is 0 Å². The van der Waals surface area contributed by atoms with Crippen LogP contribution in [0.5, 0.6) is 5.75 Å². The number of nitrogens with two attached hydrogens (primary N) is 3. The van der Waals surface area contributed by atoms with Crippen LogP contribution in [0.3, 0.4) is 0 Å². The molecule has 164 valence electrons. The fraction of sp³-hybridized carbons (Fsp3) is 0.200. The number of methoxy groups -OCH3 is 1. The minimum Gasteiger partial charge on any atom is -0.495 e. The van der Waals surface area contributed by atoms with E-state index in [2.05, 4.69) is 15.3 Å². The number of benzene rings is 2.